The zero-order valence-corrected chi connectivity index (χ0v) is 7.69. The SMILES string of the molecule is O=C1CC(C#C/C=C\C#CCCl)N1. The normalized spacial score (nSPS) is 19.2. The van der Waals surface area contributed by atoms with Gasteiger partial charge < -0.3 is 5.32 Å². The fourth-order valence-corrected chi connectivity index (χ4v) is 0.852. The Hall–Kier alpha value is -1.38. The van der Waals surface area contributed by atoms with Crippen molar-refractivity contribution in [1.29, 1.82) is 0 Å². The van der Waals surface area contributed by atoms with Crippen molar-refractivity contribution >= 4 is 17.5 Å². The van der Waals surface area contributed by atoms with Crippen LogP contribution in [0.4, 0.5) is 0 Å². The highest BCUT2D eigenvalue weighted by molar-refractivity contribution is 6.19. The van der Waals surface area contributed by atoms with Crippen LogP contribution >= 0.6 is 11.6 Å². The van der Waals surface area contributed by atoms with E-state index in [0.29, 0.717) is 12.3 Å². The maximum atomic E-state index is 10.4. The van der Waals surface area contributed by atoms with Gasteiger partial charge in [0.05, 0.1) is 18.3 Å². The number of hydrogen-bond acceptors (Lipinski definition) is 1. The van der Waals surface area contributed by atoms with E-state index >= 15 is 0 Å². The monoisotopic (exact) mass is 193 g/mol. The fourth-order valence-electron chi connectivity index (χ4n) is 0.775. The van der Waals surface area contributed by atoms with Crippen molar-refractivity contribution in [2.24, 2.45) is 0 Å². The van der Waals surface area contributed by atoms with E-state index in [1.54, 1.807) is 12.2 Å². The van der Waals surface area contributed by atoms with E-state index in [4.69, 9.17) is 11.6 Å². The maximum absolute atomic E-state index is 10.4. The second kappa shape index (κ2) is 5.30. The molecule has 1 N–H and O–H groups in total. The number of hydrogen-bond donors (Lipinski definition) is 1. The van der Waals surface area contributed by atoms with Gasteiger partial charge in [0.2, 0.25) is 5.91 Å². The summed E-state index contributed by atoms with van der Waals surface area (Å²) in [5.41, 5.74) is 0. The summed E-state index contributed by atoms with van der Waals surface area (Å²) < 4.78 is 0. The Labute approximate surface area is 82.3 Å². The number of alkyl halides is 1. The van der Waals surface area contributed by atoms with Gasteiger partial charge in [-0.1, -0.05) is 23.7 Å². The number of β-lactam (4-membered cyclic amide) rings is 1. The second-order valence-corrected chi connectivity index (χ2v) is 2.67. The Bertz CT molecular complexity index is 329. The molecule has 1 amide bonds. The Morgan fingerprint density at radius 1 is 1.54 bits per heavy atom. The molecular formula is C10H8ClNO. The van der Waals surface area contributed by atoms with E-state index in [-0.39, 0.29) is 11.9 Å². The molecule has 1 aliphatic rings. The first-order chi connectivity index (χ1) is 6.33. The first-order valence-corrected chi connectivity index (χ1v) is 4.36. The summed E-state index contributed by atoms with van der Waals surface area (Å²) in [6, 6.07) is 0.0261. The van der Waals surface area contributed by atoms with Crippen molar-refractivity contribution < 1.29 is 4.79 Å². The number of nitrogens with one attached hydrogen (secondary N) is 1. The number of carbonyl (C=O) groups is 1. The molecule has 0 aliphatic carbocycles. The minimum absolute atomic E-state index is 0.0261. The predicted molar refractivity (Wildman–Crippen MR) is 52.0 cm³/mol. The van der Waals surface area contributed by atoms with Gasteiger partial charge in [0.25, 0.3) is 0 Å². The quantitative estimate of drug-likeness (QED) is 0.342. The van der Waals surface area contributed by atoms with Crippen molar-refractivity contribution in [3.8, 4) is 23.7 Å². The van der Waals surface area contributed by atoms with Crippen LogP contribution in [-0.2, 0) is 4.79 Å². The third kappa shape index (κ3) is 3.69. The molecule has 3 heteroatoms. The van der Waals surface area contributed by atoms with Gasteiger partial charge in [-0.15, -0.1) is 11.6 Å². The molecule has 1 rings (SSSR count). The number of amides is 1. The highest BCUT2D eigenvalue weighted by atomic mass is 35.5. The second-order valence-electron chi connectivity index (χ2n) is 2.40. The molecule has 13 heavy (non-hydrogen) atoms. The van der Waals surface area contributed by atoms with Crippen molar-refractivity contribution in [2.75, 3.05) is 5.88 Å². The van der Waals surface area contributed by atoms with Crippen molar-refractivity contribution in [1.82, 2.24) is 5.32 Å². The lowest BCUT2D eigenvalue weighted by molar-refractivity contribution is -0.126. The molecule has 1 saturated heterocycles. The molecule has 0 radical (unpaired) electrons. The summed E-state index contributed by atoms with van der Waals surface area (Å²) >= 11 is 5.32. The fraction of sp³-hybridized carbons (Fsp3) is 0.300. The molecule has 0 saturated carbocycles. The summed E-state index contributed by atoms with van der Waals surface area (Å²) in [6.07, 6.45) is 3.79. The molecular weight excluding hydrogens is 186 g/mol. The van der Waals surface area contributed by atoms with Gasteiger partial charge in [0.15, 0.2) is 0 Å². The van der Waals surface area contributed by atoms with Gasteiger partial charge in [0, 0.05) is 0 Å². The lowest BCUT2D eigenvalue weighted by Crippen LogP contribution is -2.47. The van der Waals surface area contributed by atoms with Gasteiger partial charge in [-0.25, -0.2) is 0 Å². The van der Waals surface area contributed by atoms with Crippen molar-refractivity contribution in [3.05, 3.63) is 12.2 Å². The van der Waals surface area contributed by atoms with E-state index in [1.807, 2.05) is 0 Å². The van der Waals surface area contributed by atoms with E-state index < -0.39 is 0 Å². The first-order valence-electron chi connectivity index (χ1n) is 3.82. The van der Waals surface area contributed by atoms with Crippen molar-refractivity contribution in [3.63, 3.8) is 0 Å². The smallest absolute Gasteiger partial charge is 0.224 e. The zero-order chi connectivity index (χ0) is 9.52. The average molecular weight is 194 g/mol. The summed E-state index contributed by atoms with van der Waals surface area (Å²) in [6.45, 7) is 0. The Kier molecular flexibility index (Phi) is 3.96. The lowest BCUT2D eigenvalue weighted by Gasteiger charge is -2.20. The largest absolute Gasteiger partial charge is 0.342 e. The topological polar surface area (TPSA) is 29.1 Å². The predicted octanol–water partition coefficient (Wildman–Crippen LogP) is 0.677. The van der Waals surface area contributed by atoms with E-state index in [2.05, 4.69) is 29.0 Å². The lowest BCUT2D eigenvalue weighted by atomic mass is 10.1. The van der Waals surface area contributed by atoms with Crippen LogP contribution < -0.4 is 5.32 Å². The minimum atomic E-state index is 0.0261. The molecule has 0 spiro atoms. The van der Waals surface area contributed by atoms with Gasteiger partial charge in [-0.05, 0) is 12.2 Å². The maximum Gasteiger partial charge on any atom is 0.224 e. The standard InChI is InChI=1S/C10H8ClNO/c11-7-5-3-1-2-4-6-9-8-10(13)12-9/h1-2,9H,7-8H2,(H,12,13)/b2-1-. The summed E-state index contributed by atoms with van der Waals surface area (Å²) in [5, 5.41) is 2.64. The van der Waals surface area contributed by atoms with Crippen LogP contribution in [0.2, 0.25) is 0 Å². The first kappa shape index (κ1) is 9.71. The zero-order valence-electron chi connectivity index (χ0n) is 6.93. The Morgan fingerprint density at radius 2 is 2.23 bits per heavy atom. The highest BCUT2D eigenvalue weighted by Gasteiger charge is 2.22. The third-order valence-electron chi connectivity index (χ3n) is 1.40. The van der Waals surface area contributed by atoms with Gasteiger partial charge in [-0.2, -0.15) is 0 Å². The molecule has 0 bridgehead atoms. The number of rotatable bonds is 0. The molecule has 0 aromatic rings. The van der Waals surface area contributed by atoms with Crippen LogP contribution in [0.15, 0.2) is 12.2 Å². The molecule has 1 fully saturated rings. The van der Waals surface area contributed by atoms with Crippen LogP contribution in [0.3, 0.4) is 0 Å². The van der Waals surface area contributed by atoms with Gasteiger partial charge in [0.1, 0.15) is 0 Å². The van der Waals surface area contributed by atoms with E-state index in [1.165, 1.54) is 0 Å². The Balaban J connectivity index is 2.24. The number of allylic oxidation sites excluding steroid dienone is 2. The number of halogens is 1. The molecule has 0 aromatic carbocycles. The Morgan fingerprint density at radius 3 is 2.85 bits per heavy atom. The highest BCUT2D eigenvalue weighted by Crippen LogP contribution is 2.00. The third-order valence-corrected chi connectivity index (χ3v) is 1.53. The molecule has 1 heterocycles. The molecule has 2 nitrogen and oxygen atoms in total. The summed E-state index contributed by atoms with van der Waals surface area (Å²) in [4.78, 5) is 10.4. The molecule has 0 aromatic heterocycles. The molecule has 1 aliphatic heterocycles. The molecule has 66 valence electrons. The molecule has 1 unspecified atom stereocenters. The van der Waals surface area contributed by atoms with Crippen LogP contribution in [0, 0.1) is 23.7 Å². The van der Waals surface area contributed by atoms with Crippen LogP contribution in [0.25, 0.3) is 0 Å². The van der Waals surface area contributed by atoms with Gasteiger partial charge in [-0.3, -0.25) is 4.79 Å². The minimum Gasteiger partial charge on any atom is -0.342 e. The average Bonchev–Trinajstić information content (AvgIpc) is 2.07. The summed E-state index contributed by atoms with van der Waals surface area (Å²) in [7, 11) is 0. The van der Waals surface area contributed by atoms with E-state index in [9.17, 15) is 4.79 Å². The molecule has 1 atom stereocenters. The number of carbonyl (C=O) groups excluding carboxylic acids is 1. The van der Waals surface area contributed by atoms with Crippen LogP contribution in [-0.4, -0.2) is 17.8 Å². The summed E-state index contributed by atoms with van der Waals surface area (Å²) in [5.74, 6) is 11.4. The van der Waals surface area contributed by atoms with Crippen LogP contribution in [0.5, 0.6) is 0 Å². The van der Waals surface area contributed by atoms with Gasteiger partial charge >= 0.3 is 0 Å². The van der Waals surface area contributed by atoms with E-state index in [0.717, 1.165) is 0 Å². The van der Waals surface area contributed by atoms with Crippen LogP contribution in [0.1, 0.15) is 6.42 Å². The van der Waals surface area contributed by atoms with Crippen molar-refractivity contribution in [2.45, 2.75) is 12.5 Å².